The Hall–Kier alpha value is -1.95. The predicted octanol–water partition coefficient (Wildman–Crippen LogP) is 1.59. The van der Waals surface area contributed by atoms with Crippen LogP contribution in [0.25, 0.3) is 11.5 Å². The Bertz CT molecular complexity index is 578. The summed E-state index contributed by atoms with van der Waals surface area (Å²) < 4.78 is 18.5. The first-order chi connectivity index (χ1) is 9.24. The van der Waals surface area contributed by atoms with Crippen molar-refractivity contribution in [3.63, 3.8) is 0 Å². The van der Waals surface area contributed by atoms with Crippen molar-refractivity contribution in [1.29, 1.82) is 0 Å². The minimum atomic E-state index is -0.303. The van der Waals surface area contributed by atoms with Crippen LogP contribution < -0.4 is 10.2 Å². The maximum atomic E-state index is 13.3. The summed E-state index contributed by atoms with van der Waals surface area (Å²) in [6.45, 7) is 5.40. The van der Waals surface area contributed by atoms with Crippen LogP contribution in [-0.2, 0) is 0 Å². The molecule has 1 saturated heterocycles. The second-order valence-electron chi connectivity index (χ2n) is 4.60. The second kappa shape index (κ2) is 4.97. The lowest BCUT2D eigenvalue weighted by Crippen LogP contribution is -2.44. The number of benzene rings is 1. The van der Waals surface area contributed by atoms with Gasteiger partial charge in [0.1, 0.15) is 5.82 Å². The third-order valence-corrected chi connectivity index (χ3v) is 3.25. The molecule has 2 heterocycles. The number of hydrogen-bond donors (Lipinski definition) is 1. The van der Waals surface area contributed by atoms with Gasteiger partial charge in [0.15, 0.2) is 0 Å². The minimum Gasteiger partial charge on any atom is -0.336 e. The number of aromatic nitrogens is 2. The van der Waals surface area contributed by atoms with Crippen LogP contribution in [0.1, 0.15) is 5.56 Å². The molecule has 2 aromatic rings. The highest BCUT2D eigenvalue weighted by atomic mass is 19.1. The molecule has 1 aliphatic heterocycles. The lowest BCUT2D eigenvalue weighted by Gasteiger charge is -2.25. The minimum absolute atomic E-state index is 0.303. The Labute approximate surface area is 110 Å². The van der Waals surface area contributed by atoms with Crippen LogP contribution in [-0.4, -0.2) is 36.3 Å². The van der Waals surface area contributed by atoms with Crippen molar-refractivity contribution in [2.75, 3.05) is 31.1 Å². The van der Waals surface area contributed by atoms with Gasteiger partial charge in [0.05, 0.1) is 0 Å². The fraction of sp³-hybridized carbons (Fsp3) is 0.385. The number of anilines is 1. The van der Waals surface area contributed by atoms with E-state index in [4.69, 9.17) is 4.52 Å². The Kier molecular flexibility index (Phi) is 3.16. The van der Waals surface area contributed by atoms with E-state index in [1.807, 2.05) is 6.92 Å². The molecule has 1 aromatic heterocycles. The molecule has 0 spiro atoms. The van der Waals surface area contributed by atoms with Crippen LogP contribution in [0.3, 0.4) is 0 Å². The average molecular weight is 262 g/mol. The van der Waals surface area contributed by atoms with E-state index in [0.29, 0.717) is 17.4 Å². The summed E-state index contributed by atoms with van der Waals surface area (Å²) in [6, 6.07) is 4.55. The van der Waals surface area contributed by atoms with Crippen LogP contribution in [0.4, 0.5) is 10.3 Å². The van der Waals surface area contributed by atoms with Gasteiger partial charge in [0.2, 0.25) is 0 Å². The zero-order valence-corrected chi connectivity index (χ0v) is 10.7. The van der Waals surface area contributed by atoms with Crippen molar-refractivity contribution in [1.82, 2.24) is 15.5 Å². The molecular weight excluding hydrogens is 247 g/mol. The van der Waals surface area contributed by atoms with Crippen molar-refractivity contribution >= 4 is 5.95 Å². The highest BCUT2D eigenvalue weighted by molar-refractivity contribution is 5.59. The number of aryl methyl sites for hydroxylation is 1. The summed E-state index contributed by atoms with van der Waals surface area (Å²) in [6.07, 6.45) is 0. The summed E-state index contributed by atoms with van der Waals surface area (Å²) in [7, 11) is 0. The molecule has 5 nitrogen and oxygen atoms in total. The standard InChI is InChI=1S/C13H15FN4O/c1-9-2-3-10(14)8-11(9)12-16-13(17-19-12)18-6-4-15-5-7-18/h2-3,8,15H,4-7H2,1H3. The van der Waals surface area contributed by atoms with E-state index in [9.17, 15) is 4.39 Å². The maximum Gasteiger partial charge on any atom is 0.266 e. The van der Waals surface area contributed by atoms with E-state index in [1.54, 1.807) is 6.07 Å². The van der Waals surface area contributed by atoms with Gasteiger partial charge in [-0.15, -0.1) is 0 Å². The monoisotopic (exact) mass is 262 g/mol. The van der Waals surface area contributed by atoms with Crippen molar-refractivity contribution in [2.24, 2.45) is 0 Å². The van der Waals surface area contributed by atoms with Gasteiger partial charge in [-0.2, -0.15) is 4.98 Å². The number of nitrogens with zero attached hydrogens (tertiary/aromatic N) is 3. The summed E-state index contributed by atoms with van der Waals surface area (Å²) >= 11 is 0. The highest BCUT2D eigenvalue weighted by Crippen LogP contribution is 2.24. The fourth-order valence-electron chi connectivity index (χ4n) is 2.14. The normalized spacial score (nSPS) is 15.8. The third kappa shape index (κ3) is 2.44. The molecular formula is C13H15FN4O. The van der Waals surface area contributed by atoms with Crippen molar-refractivity contribution in [3.05, 3.63) is 29.6 Å². The fourth-order valence-corrected chi connectivity index (χ4v) is 2.14. The maximum absolute atomic E-state index is 13.3. The molecule has 0 saturated carbocycles. The Balaban J connectivity index is 1.89. The van der Waals surface area contributed by atoms with Crippen LogP contribution in [0.5, 0.6) is 0 Å². The first-order valence-electron chi connectivity index (χ1n) is 6.30. The number of piperazine rings is 1. The number of halogens is 1. The van der Waals surface area contributed by atoms with Crippen molar-refractivity contribution in [2.45, 2.75) is 6.92 Å². The van der Waals surface area contributed by atoms with E-state index in [-0.39, 0.29) is 5.82 Å². The zero-order chi connectivity index (χ0) is 13.2. The summed E-state index contributed by atoms with van der Waals surface area (Å²) in [4.78, 5) is 6.41. The Morgan fingerprint density at radius 2 is 2.11 bits per heavy atom. The van der Waals surface area contributed by atoms with Gasteiger partial charge < -0.3 is 14.7 Å². The second-order valence-corrected chi connectivity index (χ2v) is 4.60. The molecule has 0 bridgehead atoms. The van der Waals surface area contributed by atoms with Crippen molar-refractivity contribution in [3.8, 4) is 11.5 Å². The van der Waals surface area contributed by atoms with Gasteiger partial charge in [0.25, 0.3) is 11.8 Å². The molecule has 0 aliphatic carbocycles. The van der Waals surface area contributed by atoms with Gasteiger partial charge in [-0.05, 0) is 29.8 Å². The number of nitrogens with one attached hydrogen (secondary N) is 1. The van der Waals surface area contributed by atoms with Gasteiger partial charge in [-0.1, -0.05) is 6.07 Å². The smallest absolute Gasteiger partial charge is 0.266 e. The molecule has 0 unspecified atom stereocenters. The van der Waals surface area contributed by atoms with Crippen LogP contribution in [0.15, 0.2) is 22.7 Å². The highest BCUT2D eigenvalue weighted by Gasteiger charge is 2.18. The summed E-state index contributed by atoms with van der Waals surface area (Å²) in [5.74, 6) is 0.633. The quantitative estimate of drug-likeness (QED) is 0.890. The lowest BCUT2D eigenvalue weighted by molar-refractivity contribution is 0.426. The first kappa shape index (κ1) is 12.1. The molecule has 0 amide bonds. The summed E-state index contributed by atoms with van der Waals surface area (Å²) in [5.41, 5.74) is 1.56. The van der Waals surface area contributed by atoms with Crippen LogP contribution in [0, 0.1) is 12.7 Å². The van der Waals surface area contributed by atoms with E-state index in [0.717, 1.165) is 31.7 Å². The molecule has 0 atom stereocenters. The molecule has 0 radical (unpaired) electrons. The molecule has 1 N–H and O–H groups in total. The first-order valence-corrected chi connectivity index (χ1v) is 6.30. The van der Waals surface area contributed by atoms with Gasteiger partial charge in [0, 0.05) is 31.7 Å². The van der Waals surface area contributed by atoms with Gasteiger partial charge in [-0.25, -0.2) is 4.39 Å². The Morgan fingerprint density at radius 1 is 1.32 bits per heavy atom. The zero-order valence-electron chi connectivity index (χ0n) is 10.7. The predicted molar refractivity (Wildman–Crippen MR) is 69.5 cm³/mol. The van der Waals surface area contributed by atoms with Crippen LogP contribution >= 0.6 is 0 Å². The van der Waals surface area contributed by atoms with E-state index in [1.165, 1.54) is 12.1 Å². The van der Waals surface area contributed by atoms with Gasteiger partial charge >= 0.3 is 0 Å². The SMILES string of the molecule is Cc1ccc(F)cc1-c1nc(N2CCNCC2)no1. The average Bonchev–Trinajstić information content (AvgIpc) is 2.92. The molecule has 1 fully saturated rings. The molecule has 3 rings (SSSR count). The Morgan fingerprint density at radius 3 is 2.89 bits per heavy atom. The van der Waals surface area contributed by atoms with Crippen LogP contribution in [0.2, 0.25) is 0 Å². The molecule has 19 heavy (non-hydrogen) atoms. The molecule has 100 valence electrons. The lowest BCUT2D eigenvalue weighted by atomic mass is 10.1. The summed E-state index contributed by atoms with van der Waals surface area (Å²) in [5, 5.41) is 7.24. The molecule has 6 heteroatoms. The molecule has 1 aliphatic rings. The van der Waals surface area contributed by atoms with E-state index < -0.39 is 0 Å². The largest absolute Gasteiger partial charge is 0.336 e. The van der Waals surface area contributed by atoms with Crippen molar-refractivity contribution < 1.29 is 8.91 Å². The topological polar surface area (TPSA) is 54.2 Å². The third-order valence-electron chi connectivity index (χ3n) is 3.25. The van der Waals surface area contributed by atoms with Gasteiger partial charge in [-0.3, -0.25) is 0 Å². The van der Waals surface area contributed by atoms with E-state index >= 15 is 0 Å². The number of hydrogen-bond acceptors (Lipinski definition) is 5. The number of rotatable bonds is 2. The molecule has 1 aromatic carbocycles. The van der Waals surface area contributed by atoms with E-state index in [2.05, 4.69) is 20.4 Å².